The van der Waals surface area contributed by atoms with Gasteiger partial charge in [0.1, 0.15) is 11.9 Å². The zero-order chi connectivity index (χ0) is 18.8. The predicted octanol–water partition coefficient (Wildman–Crippen LogP) is -0.247. The Morgan fingerprint density at radius 1 is 1.27 bits per heavy atom. The van der Waals surface area contributed by atoms with Gasteiger partial charge in [0.2, 0.25) is 11.8 Å². The molecule has 0 saturated carbocycles. The van der Waals surface area contributed by atoms with Gasteiger partial charge in [-0.05, 0) is 24.6 Å². The highest BCUT2D eigenvalue weighted by Gasteiger charge is 2.34. The molecule has 136 valence electrons. The van der Waals surface area contributed by atoms with Gasteiger partial charge >= 0.3 is 5.69 Å². The van der Waals surface area contributed by atoms with Crippen LogP contribution in [0.1, 0.15) is 22.9 Å². The number of hydrogen-bond donors (Lipinski definition) is 3. The first-order valence-corrected chi connectivity index (χ1v) is 8.01. The summed E-state index contributed by atoms with van der Waals surface area (Å²) in [4.78, 5) is 54.2. The van der Waals surface area contributed by atoms with Crippen LogP contribution in [0.5, 0.6) is 0 Å². The summed E-state index contributed by atoms with van der Waals surface area (Å²) in [7, 11) is 0. The molecule has 8 nitrogen and oxygen atoms in total. The number of aryl methyl sites for hydroxylation is 1. The van der Waals surface area contributed by atoms with Crippen LogP contribution in [0.25, 0.3) is 0 Å². The number of piperazine rings is 1. The number of hydrogen-bond acceptors (Lipinski definition) is 4. The molecule has 0 bridgehead atoms. The minimum absolute atomic E-state index is 0.124. The lowest BCUT2D eigenvalue weighted by Crippen LogP contribution is -2.52. The minimum atomic E-state index is -0.978. The lowest BCUT2D eigenvalue weighted by molar-refractivity contribution is -0.143. The fourth-order valence-electron chi connectivity index (χ4n) is 3.04. The maximum Gasteiger partial charge on any atom is 0.325 e. The summed E-state index contributed by atoms with van der Waals surface area (Å²) in [5, 5.41) is 2.66. The third-order valence-corrected chi connectivity index (χ3v) is 4.28. The van der Waals surface area contributed by atoms with E-state index < -0.39 is 34.9 Å². The highest BCUT2D eigenvalue weighted by molar-refractivity contribution is 5.90. The van der Waals surface area contributed by atoms with Gasteiger partial charge in [0.05, 0.1) is 6.42 Å². The predicted molar refractivity (Wildman–Crippen MR) is 90.0 cm³/mol. The number of rotatable bonds is 3. The van der Waals surface area contributed by atoms with Gasteiger partial charge in [-0.15, -0.1) is 0 Å². The van der Waals surface area contributed by atoms with Gasteiger partial charge in [0, 0.05) is 24.3 Å². The molecule has 1 fully saturated rings. The Balaban J connectivity index is 1.93. The van der Waals surface area contributed by atoms with Crippen LogP contribution in [0, 0.1) is 12.7 Å². The fourth-order valence-corrected chi connectivity index (χ4v) is 3.04. The molecular weight excluding hydrogens is 343 g/mol. The quantitative estimate of drug-likeness (QED) is 0.700. The number of carbonyl (C=O) groups excluding carboxylic acids is 2. The lowest BCUT2D eigenvalue weighted by Gasteiger charge is -2.35. The molecule has 2 aromatic rings. The number of nitrogens with one attached hydrogen (secondary N) is 3. The van der Waals surface area contributed by atoms with Gasteiger partial charge < -0.3 is 15.2 Å². The third kappa shape index (κ3) is 3.41. The van der Waals surface area contributed by atoms with Crippen LogP contribution in [-0.4, -0.2) is 39.8 Å². The molecule has 9 heteroatoms. The zero-order valence-electron chi connectivity index (χ0n) is 14.0. The molecule has 0 aliphatic carbocycles. The summed E-state index contributed by atoms with van der Waals surface area (Å²) in [6.07, 6.45) is -0.281. The van der Waals surface area contributed by atoms with E-state index in [1.807, 2.05) is 0 Å². The molecule has 3 rings (SSSR count). The van der Waals surface area contributed by atoms with Crippen molar-refractivity contribution in [3.63, 3.8) is 0 Å². The van der Waals surface area contributed by atoms with Crippen molar-refractivity contribution in [2.75, 3.05) is 13.1 Å². The topological polar surface area (TPSA) is 115 Å². The van der Waals surface area contributed by atoms with Crippen molar-refractivity contribution in [3.05, 3.63) is 67.7 Å². The van der Waals surface area contributed by atoms with E-state index in [1.54, 1.807) is 6.07 Å². The van der Waals surface area contributed by atoms with Gasteiger partial charge in [-0.25, -0.2) is 9.18 Å². The molecule has 1 aromatic carbocycles. The number of nitrogens with zero attached hydrogens (tertiary/aromatic N) is 1. The second-order valence-corrected chi connectivity index (χ2v) is 6.02. The summed E-state index contributed by atoms with van der Waals surface area (Å²) in [5.41, 5.74) is -0.542. The molecule has 2 amide bonds. The smallest absolute Gasteiger partial charge is 0.325 e. The van der Waals surface area contributed by atoms with E-state index in [9.17, 15) is 23.6 Å². The maximum absolute atomic E-state index is 13.6. The number of aromatic nitrogens is 2. The van der Waals surface area contributed by atoms with E-state index in [-0.39, 0.29) is 30.8 Å². The molecule has 0 radical (unpaired) electrons. The van der Waals surface area contributed by atoms with Crippen molar-refractivity contribution in [1.29, 1.82) is 0 Å². The second-order valence-electron chi connectivity index (χ2n) is 6.02. The molecule has 1 atom stereocenters. The molecule has 2 heterocycles. The van der Waals surface area contributed by atoms with E-state index in [1.165, 1.54) is 30.0 Å². The van der Waals surface area contributed by atoms with Crippen LogP contribution in [0.2, 0.25) is 0 Å². The fraction of sp³-hybridized carbons (Fsp3) is 0.294. The van der Waals surface area contributed by atoms with Crippen molar-refractivity contribution in [2.45, 2.75) is 19.4 Å². The Bertz CT molecular complexity index is 981. The number of halogens is 1. The molecule has 0 spiro atoms. The van der Waals surface area contributed by atoms with Crippen molar-refractivity contribution >= 4 is 11.8 Å². The summed E-state index contributed by atoms with van der Waals surface area (Å²) in [5.74, 6) is -1.39. The van der Waals surface area contributed by atoms with Gasteiger partial charge in [-0.1, -0.05) is 12.1 Å². The Labute approximate surface area is 147 Å². The molecule has 1 aliphatic rings. The van der Waals surface area contributed by atoms with Crippen molar-refractivity contribution < 1.29 is 14.0 Å². The molecule has 3 N–H and O–H groups in total. The summed E-state index contributed by atoms with van der Waals surface area (Å²) in [6.45, 7) is 2.01. The molecule has 1 saturated heterocycles. The molecular formula is C17H17FN4O4. The normalized spacial score (nSPS) is 17.1. The van der Waals surface area contributed by atoms with Crippen molar-refractivity contribution in [3.8, 4) is 0 Å². The van der Waals surface area contributed by atoms with Crippen LogP contribution in [0.15, 0.2) is 33.9 Å². The van der Waals surface area contributed by atoms with Gasteiger partial charge in [-0.3, -0.25) is 19.4 Å². The van der Waals surface area contributed by atoms with Gasteiger partial charge in [0.15, 0.2) is 0 Å². The highest BCUT2D eigenvalue weighted by Crippen LogP contribution is 2.24. The first-order chi connectivity index (χ1) is 12.4. The van der Waals surface area contributed by atoms with Crippen molar-refractivity contribution in [1.82, 2.24) is 20.2 Å². The minimum Gasteiger partial charge on any atom is -0.352 e. The van der Waals surface area contributed by atoms with E-state index >= 15 is 0 Å². The standard InChI is InChI=1S/C17H17FN4O4/c1-9-12(15(24)21-17(26)20-9)8-13(23)22-6-5-19-16(25)14(22)10-3-2-4-11(18)7-10/h2-4,7,14H,5-6,8H2,1H3,(H,19,25)(H2,20,21,24,26)/t14-/m0/s1. The number of aromatic amines is 2. The third-order valence-electron chi connectivity index (χ3n) is 4.28. The Hall–Kier alpha value is -3.23. The molecule has 1 aromatic heterocycles. The Kier molecular flexibility index (Phi) is 4.70. The summed E-state index contributed by atoms with van der Waals surface area (Å²) in [6, 6.07) is 4.50. The van der Waals surface area contributed by atoms with Crippen LogP contribution in [-0.2, 0) is 16.0 Å². The summed E-state index contributed by atoms with van der Waals surface area (Å²) >= 11 is 0. The van der Waals surface area contributed by atoms with Crippen molar-refractivity contribution in [2.24, 2.45) is 0 Å². The van der Waals surface area contributed by atoms with E-state index in [4.69, 9.17) is 0 Å². The van der Waals surface area contributed by atoms with Crippen LogP contribution in [0.3, 0.4) is 0 Å². The first kappa shape index (κ1) is 17.6. The Morgan fingerprint density at radius 2 is 2.04 bits per heavy atom. The lowest BCUT2D eigenvalue weighted by atomic mass is 10.0. The average Bonchev–Trinajstić information content (AvgIpc) is 2.57. The molecule has 0 unspecified atom stereocenters. The number of H-pyrrole nitrogens is 2. The average molecular weight is 360 g/mol. The van der Waals surface area contributed by atoms with Crippen LogP contribution in [0.4, 0.5) is 4.39 Å². The van der Waals surface area contributed by atoms with Crippen LogP contribution >= 0.6 is 0 Å². The van der Waals surface area contributed by atoms with E-state index in [0.29, 0.717) is 5.56 Å². The molecule has 1 aliphatic heterocycles. The largest absolute Gasteiger partial charge is 0.352 e. The van der Waals surface area contributed by atoms with E-state index in [2.05, 4.69) is 15.3 Å². The Morgan fingerprint density at radius 3 is 2.73 bits per heavy atom. The SMILES string of the molecule is Cc1[nH]c(=O)[nH]c(=O)c1CC(=O)N1CCNC(=O)[C@@H]1c1cccc(F)c1. The van der Waals surface area contributed by atoms with Crippen LogP contribution < -0.4 is 16.6 Å². The second kappa shape index (κ2) is 6.95. The number of carbonyl (C=O) groups is 2. The zero-order valence-corrected chi connectivity index (χ0v) is 14.0. The highest BCUT2D eigenvalue weighted by atomic mass is 19.1. The maximum atomic E-state index is 13.6. The summed E-state index contributed by atoms with van der Waals surface area (Å²) < 4.78 is 13.6. The molecule has 26 heavy (non-hydrogen) atoms. The number of amides is 2. The van der Waals surface area contributed by atoms with Gasteiger partial charge in [-0.2, -0.15) is 0 Å². The van der Waals surface area contributed by atoms with E-state index in [0.717, 1.165) is 0 Å². The number of benzene rings is 1. The monoisotopic (exact) mass is 360 g/mol. The first-order valence-electron chi connectivity index (χ1n) is 8.01. The van der Waals surface area contributed by atoms with Gasteiger partial charge in [0.25, 0.3) is 5.56 Å².